The van der Waals surface area contributed by atoms with Crippen molar-refractivity contribution in [1.29, 1.82) is 0 Å². The van der Waals surface area contributed by atoms with Crippen LogP contribution in [0.5, 0.6) is 5.75 Å². The van der Waals surface area contributed by atoms with Crippen molar-refractivity contribution in [1.82, 2.24) is 30.5 Å². The van der Waals surface area contributed by atoms with Crippen LogP contribution in [-0.2, 0) is 11.3 Å². The van der Waals surface area contributed by atoms with E-state index >= 15 is 0 Å². The Hall–Kier alpha value is -2.51. The van der Waals surface area contributed by atoms with Crippen LogP contribution < -0.4 is 10.1 Å². The summed E-state index contributed by atoms with van der Waals surface area (Å²) < 4.78 is 7.59. The summed E-state index contributed by atoms with van der Waals surface area (Å²) in [6, 6.07) is 4.06. The molecule has 0 aliphatic heterocycles. The second-order valence-corrected chi connectivity index (χ2v) is 6.07. The molecule has 0 radical (unpaired) electrons. The van der Waals surface area contributed by atoms with Crippen LogP contribution in [0.2, 0.25) is 0 Å². The van der Waals surface area contributed by atoms with Gasteiger partial charge in [-0.05, 0) is 55.2 Å². The van der Waals surface area contributed by atoms with Crippen molar-refractivity contribution in [3.8, 4) is 5.75 Å². The van der Waals surface area contributed by atoms with Gasteiger partial charge in [-0.3, -0.25) is 9.78 Å². The van der Waals surface area contributed by atoms with Gasteiger partial charge in [0.25, 0.3) is 0 Å². The van der Waals surface area contributed by atoms with Crippen LogP contribution in [0.25, 0.3) is 0 Å². The molecule has 0 atom stereocenters. The van der Waals surface area contributed by atoms with Crippen molar-refractivity contribution in [2.45, 2.75) is 57.7 Å². The predicted molar refractivity (Wildman–Crippen MR) is 86.2 cm³/mol. The molecule has 1 N–H and O–H groups in total. The minimum absolute atomic E-state index is 0.0398. The number of hydrogen-bond donors (Lipinski definition) is 1. The summed E-state index contributed by atoms with van der Waals surface area (Å²) in [5, 5.41) is 13.9. The lowest BCUT2D eigenvalue weighted by molar-refractivity contribution is -0.122. The minimum atomic E-state index is 0.0398. The number of carbonyl (C=O) groups excluding carboxylic acids is 1. The van der Waals surface area contributed by atoms with E-state index in [1.807, 2.05) is 19.1 Å². The average Bonchev–Trinajstić information content (AvgIpc) is 3.10. The molecule has 3 rings (SSSR count). The van der Waals surface area contributed by atoms with Gasteiger partial charge in [-0.15, -0.1) is 5.10 Å². The molecule has 128 valence electrons. The molecule has 0 saturated heterocycles. The summed E-state index contributed by atoms with van der Waals surface area (Å²) >= 11 is 0. The van der Waals surface area contributed by atoms with Crippen molar-refractivity contribution in [2.75, 3.05) is 0 Å². The van der Waals surface area contributed by atoms with Gasteiger partial charge >= 0.3 is 0 Å². The largest absolute Gasteiger partial charge is 0.489 e. The van der Waals surface area contributed by atoms with Crippen molar-refractivity contribution in [2.24, 2.45) is 0 Å². The number of rotatable bonds is 6. The summed E-state index contributed by atoms with van der Waals surface area (Å²) in [6.07, 6.45) is 7.60. The van der Waals surface area contributed by atoms with E-state index in [0.717, 1.165) is 37.1 Å². The van der Waals surface area contributed by atoms with Gasteiger partial charge in [0.15, 0.2) is 0 Å². The Bertz CT molecular complexity index is 652. The number of ether oxygens (including phenoxy) is 1. The number of nitrogens with zero attached hydrogens (tertiary/aromatic N) is 5. The van der Waals surface area contributed by atoms with Gasteiger partial charge in [-0.25, -0.2) is 4.68 Å². The first-order valence-electron chi connectivity index (χ1n) is 8.29. The minimum Gasteiger partial charge on any atom is -0.489 e. The molecular weight excluding hydrogens is 308 g/mol. The highest BCUT2D eigenvalue weighted by Gasteiger charge is 2.24. The number of amides is 1. The summed E-state index contributed by atoms with van der Waals surface area (Å²) in [5.41, 5.74) is 0.913. The van der Waals surface area contributed by atoms with Crippen LogP contribution in [0, 0.1) is 6.92 Å². The van der Waals surface area contributed by atoms with E-state index in [9.17, 15) is 4.79 Å². The summed E-state index contributed by atoms with van der Waals surface area (Å²) in [5.74, 6) is 0.893. The standard InChI is InChI=1S/C16H22N6O2/c1-12-15(3-2-9-17-12)24-14-6-4-13(5-7-14)19-16(23)8-10-22-11-18-20-21-22/h2-3,9,11,13-14H,4-8,10H2,1H3,(H,19,23). The Morgan fingerprint density at radius 1 is 1.38 bits per heavy atom. The molecule has 1 aliphatic carbocycles. The molecule has 1 aliphatic rings. The van der Waals surface area contributed by atoms with E-state index < -0.39 is 0 Å². The molecule has 1 saturated carbocycles. The molecule has 0 aromatic carbocycles. The molecule has 24 heavy (non-hydrogen) atoms. The molecule has 8 nitrogen and oxygen atoms in total. The first kappa shape index (κ1) is 16.4. The molecule has 0 unspecified atom stereocenters. The lowest BCUT2D eigenvalue weighted by Crippen LogP contribution is -2.40. The third-order valence-corrected chi connectivity index (χ3v) is 4.25. The molecule has 2 aromatic rings. The number of hydrogen-bond acceptors (Lipinski definition) is 6. The molecule has 2 heterocycles. The Labute approximate surface area is 140 Å². The van der Waals surface area contributed by atoms with Crippen LogP contribution in [0.15, 0.2) is 24.7 Å². The molecule has 1 fully saturated rings. The van der Waals surface area contributed by atoms with Gasteiger partial charge in [0.2, 0.25) is 5.91 Å². The van der Waals surface area contributed by atoms with Crippen molar-refractivity contribution in [3.05, 3.63) is 30.4 Å². The topological polar surface area (TPSA) is 94.8 Å². The number of pyridine rings is 1. The Morgan fingerprint density at radius 3 is 2.92 bits per heavy atom. The van der Waals surface area contributed by atoms with E-state index in [-0.39, 0.29) is 18.1 Å². The van der Waals surface area contributed by atoms with Crippen molar-refractivity contribution >= 4 is 5.91 Å². The molecule has 8 heteroatoms. The van der Waals surface area contributed by atoms with Crippen molar-refractivity contribution in [3.63, 3.8) is 0 Å². The van der Waals surface area contributed by atoms with E-state index in [0.29, 0.717) is 13.0 Å². The smallest absolute Gasteiger partial charge is 0.222 e. The van der Waals surface area contributed by atoms with Gasteiger partial charge in [0.1, 0.15) is 12.1 Å². The zero-order valence-corrected chi connectivity index (χ0v) is 13.8. The number of tetrazole rings is 1. The van der Waals surface area contributed by atoms with Crippen LogP contribution in [0.3, 0.4) is 0 Å². The van der Waals surface area contributed by atoms with Gasteiger partial charge in [0, 0.05) is 18.7 Å². The van der Waals surface area contributed by atoms with E-state index in [1.165, 1.54) is 6.33 Å². The molecule has 0 bridgehead atoms. The van der Waals surface area contributed by atoms with Gasteiger partial charge in [-0.1, -0.05) is 0 Å². The third-order valence-electron chi connectivity index (χ3n) is 4.25. The molecular formula is C16H22N6O2. The van der Waals surface area contributed by atoms with E-state index in [4.69, 9.17) is 4.74 Å². The van der Waals surface area contributed by atoms with Gasteiger partial charge in [0.05, 0.1) is 18.3 Å². The number of aromatic nitrogens is 5. The summed E-state index contributed by atoms with van der Waals surface area (Å²) in [6.45, 7) is 2.45. The lowest BCUT2D eigenvalue weighted by atomic mass is 9.93. The molecule has 1 amide bonds. The second-order valence-electron chi connectivity index (χ2n) is 6.07. The predicted octanol–water partition coefficient (Wildman–Crippen LogP) is 1.27. The van der Waals surface area contributed by atoms with Gasteiger partial charge < -0.3 is 10.1 Å². The number of nitrogens with one attached hydrogen (secondary N) is 1. The fourth-order valence-corrected chi connectivity index (χ4v) is 2.90. The van der Waals surface area contributed by atoms with E-state index in [2.05, 4.69) is 25.8 Å². The monoisotopic (exact) mass is 330 g/mol. The maximum Gasteiger partial charge on any atom is 0.222 e. The SMILES string of the molecule is Cc1ncccc1OC1CCC(NC(=O)CCn2cnnn2)CC1. The molecule has 2 aromatic heterocycles. The second kappa shape index (κ2) is 7.85. The number of aryl methyl sites for hydroxylation is 2. The Morgan fingerprint density at radius 2 is 2.21 bits per heavy atom. The Kier molecular flexibility index (Phi) is 5.35. The van der Waals surface area contributed by atoms with Crippen LogP contribution in [0.1, 0.15) is 37.8 Å². The average molecular weight is 330 g/mol. The Balaban J connectivity index is 1.39. The normalized spacial score (nSPS) is 20.5. The zero-order chi connectivity index (χ0) is 16.8. The van der Waals surface area contributed by atoms with Crippen LogP contribution >= 0.6 is 0 Å². The maximum absolute atomic E-state index is 12.0. The summed E-state index contributed by atoms with van der Waals surface area (Å²) in [4.78, 5) is 16.2. The zero-order valence-electron chi connectivity index (χ0n) is 13.8. The highest BCUT2D eigenvalue weighted by Crippen LogP contribution is 2.25. The lowest BCUT2D eigenvalue weighted by Gasteiger charge is -2.29. The van der Waals surface area contributed by atoms with Crippen LogP contribution in [0.4, 0.5) is 0 Å². The third kappa shape index (κ3) is 4.50. The molecule has 0 spiro atoms. The maximum atomic E-state index is 12.0. The fourth-order valence-electron chi connectivity index (χ4n) is 2.90. The first-order valence-corrected chi connectivity index (χ1v) is 8.29. The van der Waals surface area contributed by atoms with E-state index in [1.54, 1.807) is 10.9 Å². The van der Waals surface area contributed by atoms with Gasteiger partial charge in [-0.2, -0.15) is 0 Å². The quantitative estimate of drug-likeness (QED) is 0.857. The highest BCUT2D eigenvalue weighted by atomic mass is 16.5. The van der Waals surface area contributed by atoms with Crippen LogP contribution in [-0.4, -0.2) is 43.2 Å². The highest BCUT2D eigenvalue weighted by molar-refractivity contribution is 5.76. The fraction of sp³-hybridized carbons (Fsp3) is 0.562. The first-order chi connectivity index (χ1) is 11.7. The summed E-state index contributed by atoms with van der Waals surface area (Å²) in [7, 11) is 0. The number of carbonyl (C=O) groups is 1. The van der Waals surface area contributed by atoms with Crippen molar-refractivity contribution < 1.29 is 9.53 Å².